The number of nitrogens with zero attached hydrogens (tertiary/aromatic N) is 3. The third kappa shape index (κ3) is 13.8. The van der Waals surface area contributed by atoms with Gasteiger partial charge < -0.3 is 40.4 Å². The largest absolute Gasteiger partial charge is 0.487 e. The fourth-order valence-corrected chi connectivity index (χ4v) is 9.69. The fourth-order valence-electron chi connectivity index (χ4n) is 7.79. The van der Waals surface area contributed by atoms with E-state index in [1.807, 2.05) is 46.1 Å². The van der Waals surface area contributed by atoms with Crippen LogP contribution in [0.25, 0.3) is 0 Å². The van der Waals surface area contributed by atoms with E-state index in [2.05, 4.69) is 29.4 Å². The molecule has 0 spiro atoms. The summed E-state index contributed by atoms with van der Waals surface area (Å²) >= 11 is 0. The van der Waals surface area contributed by atoms with Crippen LogP contribution in [0.1, 0.15) is 108 Å². The molecule has 0 unspecified atom stereocenters. The third-order valence-electron chi connectivity index (χ3n) is 10.7. The molecule has 0 aromatic heterocycles. The van der Waals surface area contributed by atoms with E-state index in [9.17, 15) is 27.6 Å². The molecule has 0 saturated heterocycles. The number of esters is 1. The van der Waals surface area contributed by atoms with Gasteiger partial charge in [0.1, 0.15) is 35.2 Å². The fraction of sp³-hybridized carbons (Fsp3) is 0.614. The normalized spacial score (nSPS) is 14.9. The van der Waals surface area contributed by atoms with E-state index in [0.717, 1.165) is 28.4 Å². The number of fused-ring (bicyclic) bond motifs is 1. The average Bonchev–Trinajstić information content (AvgIpc) is 3.46. The van der Waals surface area contributed by atoms with Crippen molar-refractivity contribution in [3.63, 3.8) is 0 Å². The Kier molecular flexibility index (Phi) is 17.2. The lowest BCUT2D eigenvalue weighted by atomic mass is 9.85. The predicted molar refractivity (Wildman–Crippen MR) is 235 cm³/mol. The Labute approximate surface area is 362 Å². The molecule has 0 aliphatic carbocycles. The lowest BCUT2D eigenvalue weighted by Crippen LogP contribution is -2.49. The number of rotatable bonds is 19. The van der Waals surface area contributed by atoms with E-state index in [0.29, 0.717) is 40.5 Å². The topological polar surface area (TPSA) is 214 Å². The van der Waals surface area contributed by atoms with Crippen LogP contribution in [0.15, 0.2) is 29.2 Å². The Morgan fingerprint density at radius 2 is 1.69 bits per heavy atom. The second-order valence-corrected chi connectivity index (χ2v) is 19.7. The van der Waals surface area contributed by atoms with Crippen molar-refractivity contribution in [2.45, 2.75) is 129 Å². The van der Waals surface area contributed by atoms with Crippen LogP contribution in [0.3, 0.4) is 0 Å². The van der Waals surface area contributed by atoms with E-state index < -0.39 is 63.5 Å². The summed E-state index contributed by atoms with van der Waals surface area (Å²) in [5, 5.41) is 13.6. The maximum atomic E-state index is 14.3. The summed E-state index contributed by atoms with van der Waals surface area (Å²) in [5.74, 6) is -1.21. The molecule has 61 heavy (non-hydrogen) atoms. The van der Waals surface area contributed by atoms with Gasteiger partial charge in [-0.2, -0.15) is 0 Å². The lowest BCUT2D eigenvalue weighted by molar-refractivity contribution is -0.156. The lowest BCUT2D eigenvalue weighted by Gasteiger charge is -2.27. The van der Waals surface area contributed by atoms with Gasteiger partial charge in [0.15, 0.2) is 0 Å². The van der Waals surface area contributed by atoms with E-state index >= 15 is 0 Å². The Balaban J connectivity index is 1.74. The number of hydrogen-bond donors (Lipinski definition) is 4. The molecule has 3 atom stereocenters. The monoisotopic (exact) mass is 871 g/mol. The second-order valence-electron chi connectivity index (χ2n) is 17.9. The molecule has 17 heteroatoms. The molecule has 1 aliphatic rings. The number of hydrogen-bond acceptors (Lipinski definition) is 11. The van der Waals surface area contributed by atoms with Crippen LogP contribution < -0.4 is 25.8 Å². The number of likely N-dealkylation sites (N-methyl/N-ethyl adjacent to an activating group) is 1. The summed E-state index contributed by atoms with van der Waals surface area (Å²) in [6.45, 7) is 19.0. The van der Waals surface area contributed by atoms with Gasteiger partial charge in [-0.3, -0.25) is 19.8 Å². The molecule has 0 bridgehead atoms. The van der Waals surface area contributed by atoms with Gasteiger partial charge in [-0.15, -0.1) is 0 Å². The van der Waals surface area contributed by atoms with Crippen molar-refractivity contribution in [1.82, 2.24) is 24.7 Å². The molecular formula is C44H69N7O9S. The van der Waals surface area contributed by atoms with Gasteiger partial charge in [0.25, 0.3) is 10.0 Å². The third-order valence-corrected chi connectivity index (χ3v) is 12.8. The minimum atomic E-state index is -4.36. The maximum absolute atomic E-state index is 14.3. The first-order chi connectivity index (χ1) is 28.2. The first-order valence-corrected chi connectivity index (χ1v) is 22.3. The number of ether oxygens (including phenoxy) is 3. The SMILES string of the molecule is CC[C@@H](c1cccc(OC(=O)N(C)CCNC(=O)[C@H](CCCN(C(=N)N)S(=O)(=O)c2c(C)c(C)c3c(c2C)CC(C)(C)O3)NC(=O)CC(=O)OC(C)(C)C)c1)[C@@H](C)CN(C)C. The van der Waals surface area contributed by atoms with Gasteiger partial charge in [0, 0.05) is 45.2 Å². The quantitative estimate of drug-likeness (QED) is 0.0628. The van der Waals surface area contributed by atoms with Crippen LogP contribution in [-0.2, 0) is 35.6 Å². The first kappa shape index (κ1) is 50.5. The van der Waals surface area contributed by atoms with Crippen molar-refractivity contribution in [1.29, 1.82) is 5.41 Å². The van der Waals surface area contributed by atoms with Crippen LogP contribution in [0, 0.1) is 32.1 Å². The number of benzene rings is 2. The Bertz CT molecular complexity index is 2050. The van der Waals surface area contributed by atoms with Gasteiger partial charge in [-0.25, -0.2) is 17.5 Å². The molecular weight excluding hydrogens is 803 g/mol. The average molecular weight is 872 g/mol. The Hall–Kier alpha value is -4.90. The van der Waals surface area contributed by atoms with Crippen molar-refractivity contribution in [2.75, 3.05) is 47.3 Å². The number of amides is 3. The Morgan fingerprint density at radius 1 is 1.03 bits per heavy atom. The zero-order valence-corrected chi connectivity index (χ0v) is 39.2. The molecule has 0 radical (unpaired) electrons. The Morgan fingerprint density at radius 3 is 2.28 bits per heavy atom. The smallest absolute Gasteiger partial charge is 0.415 e. The van der Waals surface area contributed by atoms with E-state index in [1.54, 1.807) is 47.6 Å². The molecule has 5 N–H and O–H groups in total. The number of carbonyl (C=O) groups is 4. The summed E-state index contributed by atoms with van der Waals surface area (Å²) in [4.78, 5) is 55.7. The molecule has 2 aromatic rings. The highest BCUT2D eigenvalue weighted by atomic mass is 32.2. The van der Waals surface area contributed by atoms with Gasteiger partial charge in [0.2, 0.25) is 17.8 Å². The molecule has 1 heterocycles. The van der Waals surface area contributed by atoms with Crippen molar-refractivity contribution in [2.24, 2.45) is 11.7 Å². The van der Waals surface area contributed by atoms with E-state index in [1.165, 1.54) is 11.9 Å². The number of carbonyl (C=O) groups excluding carboxylic acids is 4. The molecule has 0 fully saturated rings. The van der Waals surface area contributed by atoms with Crippen molar-refractivity contribution < 1.29 is 41.8 Å². The predicted octanol–water partition coefficient (Wildman–Crippen LogP) is 5.14. The molecule has 1 aliphatic heterocycles. The summed E-state index contributed by atoms with van der Waals surface area (Å²) in [6.07, 6.45) is 0.0301. The van der Waals surface area contributed by atoms with E-state index in [-0.39, 0.29) is 43.3 Å². The standard InChI is InChI=1S/C44H69N7O9S/c1-14-33(27(2)26-49(11)12)31-17-15-18-32(23-31)58-42(55)50(13)22-20-47-40(54)35(48-36(52)24-37(53)59-43(6,7)8)19-16-21-51(41(45)46)61(56,57)39-29(4)28(3)38-34(30(39)5)25-44(9,10)60-38/h15,17-18,23,27,33,35H,14,16,19-22,24-26H2,1-13H3,(H3,45,46)(H,47,54)(H,48,52)/t27-,33+,35-/m0/s1. The molecule has 340 valence electrons. The zero-order chi connectivity index (χ0) is 46.2. The minimum absolute atomic E-state index is 0.0140. The molecule has 16 nitrogen and oxygen atoms in total. The van der Waals surface area contributed by atoms with Crippen molar-refractivity contribution in [3.8, 4) is 11.5 Å². The van der Waals surface area contributed by atoms with Crippen LogP contribution in [0.2, 0.25) is 0 Å². The minimum Gasteiger partial charge on any atom is -0.487 e. The zero-order valence-electron chi connectivity index (χ0n) is 38.4. The second kappa shape index (κ2) is 20.8. The van der Waals surface area contributed by atoms with Crippen molar-refractivity contribution >= 4 is 39.9 Å². The van der Waals surface area contributed by atoms with Crippen LogP contribution in [-0.4, -0.2) is 117 Å². The van der Waals surface area contributed by atoms with Gasteiger partial charge in [-0.1, -0.05) is 26.0 Å². The summed E-state index contributed by atoms with van der Waals surface area (Å²) in [6, 6.07) is 6.26. The van der Waals surface area contributed by atoms with Crippen LogP contribution in [0.4, 0.5) is 4.79 Å². The number of nitrogens with one attached hydrogen (secondary N) is 3. The molecule has 2 aromatic carbocycles. The highest BCUT2D eigenvalue weighted by molar-refractivity contribution is 7.89. The highest BCUT2D eigenvalue weighted by Gasteiger charge is 2.39. The molecule has 3 rings (SSSR count). The maximum Gasteiger partial charge on any atom is 0.415 e. The van der Waals surface area contributed by atoms with Crippen LogP contribution in [0.5, 0.6) is 11.5 Å². The first-order valence-electron chi connectivity index (χ1n) is 20.8. The summed E-state index contributed by atoms with van der Waals surface area (Å²) in [5.41, 5.74) is 8.05. The van der Waals surface area contributed by atoms with E-state index in [4.69, 9.17) is 25.4 Å². The number of sulfonamides is 1. The summed E-state index contributed by atoms with van der Waals surface area (Å²) in [7, 11) is 1.25. The molecule has 0 saturated carbocycles. The van der Waals surface area contributed by atoms with Crippen molar-refractivity contribution in [3.05, 3.63) is 52.1 Å². The van der Waals surface area contributed by atoms with Gasteiger partial charge >= 0.3 is 12.1 Å². The molecule has 3 amide bonds. The summed E-state index contributed by atoms with van der Waals surface area (Å²) < 4.78 is 46.4. The van der Waals surface area contributed by atoms with Gasteiger partial charge in [0.05, 0.1) is 4.90 Å². The number of guanidine groups is 1. The van der Waals surface area contributed by atoms with Crippen LogP contribution >= 0.6 is 0 Å². The number of nitrogens with two attached hydrogens (primary N) is 1. The highest BCUT2D eigenvalue weighted by Crippen LogP contribution is 2.44. The van der Waals surface area contributed by atoms with Gasteiger partial charge in [-0.05, 0) is 135 Å².